The van der Waals surface area contributed by atoms with Crippen LogP contribution in [0.1, 0.15) is 60.7 Å². The largest absolute Gasteiger partial charge is 0.481 e. The van der Waals surface area contributed by atoms with Gasteiger partial charge in [-0.2, -0.15) is 0 Å². The number of rotatable bonds is 4. The van der Waals surface area contributed by atoms with Gasteiger partial charge in [0.05, 0.1) is 5.92 Å². The molecule has 2 unspecified atom stereocenters. The maximum absolute atomic E-state index is 12.1. The summed E-state index contributed by atoms with van der Waals surface area (Å²) < 4.78 is 5.15. The Hall–Kier alpha value is -1.85. The molecule has 20 heavy (non-hydrogen) atoms. The fourth-order valence-corrected chi connectivity index (χ4v) is 2.80. The van der Waals surface area contributed by atoms with Gasteiger partial charge < -0.3 is 14.9 Å². The number of nitrogens with one attached hydrogen (secondary N) is 1. The number of nitrogens with zero attached hydrogens (tertiary/aromatic N) is 1. The number of carboxylic acids is 1. The Morgan fingerprint density at radius 1 is 1.25 bits per heavy atom. The molecule has 6 heteroatoms. The highest BCUT2D eigenvalue weighted by Gasteiger charge is 2.33. The summed E-state index contributed by atoms with van der Waals surface area (Å²) in [5.41, 5.74) is 0.251. The molecule has 2 fully saturated rings. The van der Waals surface area contributed by atoms with Crippen LogP contribution in [0.25, 0.3) is 0 Å². The normalized spacial score (nSPS) is 26.2. The minimum atomic E-state index is -0.839. The number of carbonyl (C=O) groups excluding carboxylic acids is 1. The van der Waals surface area contributed by atoms with Gasteiger partial charge in [-0.05, 0) is 25.7 Å². The Kier molecular flexibility index (Phi) is 3.46. The number of hydrogen-bond acceptors (Lipinski definition) is 4. The van der Waals surface area contributed by atoms with Gasteiger partial charge in [-0.15, -0.1) is 0 Å². The van der Waals surface area contributed by atoms with E-state index in [9.17, 15) is 14.7 Å². The number of hydrogen-bond donors (Lipinski definition) is 2. The van der Waals surface area contributed by atoms with Gasteiger partial charge in [0.15, 0.2) is 5.69 Å². The highest BCUT2D eigenvalue weighted by molar-refractivity contribution is 5.92. The maximum atomic E-state index is 12.1. The second kappa shape index (κ2) is 5.26. The fraction of sp³-hybridized carbons (Fsp3) is 0.643. The zero-order chi connectivity index (χ0) is 14.1. The highest BCUT2D eigenvalue weighted by Crippen LogP contribution is 2.40. The molecule has 2 aliphatic carbocycles. The van der Waals surface area contributed by atoms with Crippen molar-refractivity contribution in [2.75, 3.05) is 0 Å². The Morgan fingerprint density at radius 2 is 2.00 bits per heavy atom. The van der Waals surface area contributed by atoms with Crippen LogP contribution in [0.5, 0.6) is 0 Å². The summed E-state index contributed by atoms with van der Waals surface area (Å²) in [5, 5.41) is 15.8. The molecule has 0 saturated heterocycles. The molecule has 0 spiro atoms. The molecule has 3 rings (SSSR count). The third-order valence-corrected chi connectivity index (χ3v) is 4.14. The first-order valence-electron chi connectivity index (χ1n) is 7.15. The Labute approximate surface area is 116 Å². The molecule has 2 saturated carbocycles. The van der Waals surface area contributed by atoms with Gasteiger partial charge in [-0.3, -0.25) is 9.59 Å². The van der Waals surface area contributed by atoms with E-state index in [-0.39, 0.29) is 17.6 Å². The zero-order valence-electron chi connectivity index (χ0n) is 11.2. The first kappa shape index (κ1) is 13.1. The molecule has 1 aromatic rings. The van der Waals surface area contributed by atoms with Crippen LogP contribution in [0, 0.1) is 5.92 Å². The number of aromatic nitrogens is 1. The summed E-state index contributed by atoms with van der Waals surface area (Å²) >= 11 is 0. The van der Waals surface area contributed by atoms with Crippen molar-refractivity contribution in [1.29, 1.82) is 0 Å². The molecule has 1 amide bonds. The third-order valence-electron chi connectivity index (χ3n) is 4.14. The van der Waals surface area contributed by atoms with Gasteiger partial charge >= 0.3 is 5.97 Å². The second-order valence-corrected chi connectivity index (χ2v) is 5.70. The third kappa shape index (κ3) is 2.69. The van der Waals surface area contributed by atoms with Crippen molar-refractivity contribution in [3.8, 4) is 0 Å². The smallest absolute Gasteiger partial charge is 0.308 e. The summed E-state index contributed by atoms with van der Waals surface area (Å²) in [7, 11) is 0. The van der Waals surface area contributed by atoms with Gasteiger partial charge in [0, 0.05) is 18.0 Å². The standard InChI is InChI=1S/C14H18N2O4/c17-13(11-7-12(20-16-11)8-5-6-8)15-10-4-2-1-3-9(10)14(18)19/h7-10H,1-6H2,(H,15,17)(H,18,19). The second-order valence-electron chi connectivity index (χ2n) is 5.70. The summed E-state index contributed by atoms with van der Waals surface area (Å²) in [5.74, 6) is -0.505. The number of carbonyl (C=O) groups is 2. The van der Waals surface area contributed by atoms with Crippen LogP contribution in [0.3, 0.4) is 0 Å². The lowest BCUT2D eigenvalue weighted by atomic mass is 9.84. The lowest BCUT2D eigenvalue weighted by Gasteiger charge is -2.28. The zero-order valence-corrected chi connectivity index (χ0v) is 11.2. The average Bonchev–Trinajstić information content (AvgIpc) is 3.16. The lowest BCUT2D eigenvalue weighted by Crippen LogP contribution is -2.45. The Bertz CT molecular complexity index is 521. The van der Waals surface area contributed by atoms with E-state index in [1.165, 1.54) is 0 Å². The van der Waals surface area contributed by atoms with Crippen LogP contribution in [-0.4, -0.2) is 28.2 Å². The Morgan fingerprint density at radius 3 is 2.70 bits per heavy atom. The van der Waals surface area contributed by atoms with E-state index in [2.05, 4.69) is 10.5 Å². The van der Waals surface area contributed by atoms with Crippen molar-refractivity contribution >= 4 is 11.9 Å². The SMILES string of the molecule is O=C(NC1CCCCC1C(=O)O)c1cc(C2CC2)on1. The summed E-state index contributed by atoms with van der Waals surface area (Å²) in [6.45, 7) is 0. The number of aliphatic carboxylic acids is 1. The highest BCUT2D eigenvalue weighted by atomic mass is 16.5. The Balaban J connectivity index is 1.65. The molecular weight excluding hydrogens is 260 g/mol. The molecule has 0 radical (unpaired) electrons. The van der Waals surface area contributed by atoms with E-state index in [0.29, 0.717) is 18.8 Å². The monoisotopic (exact) mass is 278 g/mol. The molecule has 108 valence electrons. The molecule has 1 aromatic heterocycles. The molecule has 0 bridgehead atoms. The van der Waals surface area contributed by atoms with Gasteiger partial charge in [0.2, 0.25) is 0 Å². The maximum Gasteiger partial charge on any atom is 0.308 e. The van der Waals surface area contributed by atoms with E-state index in [0.717, 1.165) is 31.4 Å². The van der Waals surface area contributed by atoms with E-state index < -0.39 is 11.9 Å². The van der Waals surface area contributed by atoms with E-state index in [1.54, 1.807) is 6.07 Å². The topological polar surface area (TPSA) is 92.4 Å². The molecule has 0 aromatic carbocycles. The van der Waals surface area contributed by atoms with Crippen molar-refractivity contribution in [3.63, 3.8) is 0 Å². The summed E-state index contributed by atoms with van der Waals surface area (Å²) in [6.07, 6.45) is 5.34. The van der Waals surface area contributed by atoms with Crippen LogP contribution in [0.15, 0.2) is 10.6 Å². The van der Waals surface area contributed by atoms with Crippen LogP contribution in [-0.2, 0) is 4.79 Å². The van der Waals surface area contributed by atoms with Gasteiger partial charge in [0.1, 0.15) is 5.76 Å². The van der Waals surface area contributed by atoms with Crippen molar-refractivity contribution in [1.82, 2.24) is 10.5 Å². The van der Waals surface area contributed by atoms with Crippen LogP contribution in [0.4, 0.5) is 0 Å². The predicted octanol–water partition coefficient (Wildman–Crippen LogP) is 1.93. The summed E-state index contributed by atoms with van der Waals surface area (Å²) in [6, 6.07) is 1.36. The molecule has 2 N–H and O–H groups in total. The molecular formula is C14H18N2O4. The minimum Gasteiger partial charge on any atom is -0.481 e. The van der Waals surface area contributed by atoms with Crippen molar-refractivity contribution in [2.24, 2.45) is 5.92 Å². The number of carboxylic acid groups (broad SMARTS) is 1. The fourth-order valence-electron chi connectivity index (χ4n) is 2.80. The molecule has 2 atom stereocenters. The average molecular weight is 278 g/mol. The van der Waals surface area contributed by atoms with Gasteiger partial charge in [-0.1, -0.05) is 18.0 Å². The van der Waals surface area contributed by atoms with Crippen molar-refractivity contribution in [2.45, 2.75) is 50.5 Å². The van der Waals surface area contributed by atoms with Crippen molar-refractivity contribution < 1.29 is 19.2 Å². The molecule has 0 aliphatic heterocycles. The predicted molar refractivity (Wildman–Crippen MR) is 69.3 cm³/mol. The first-order chi connectivity index (χ1) is 9.65. The van der Waals surface area contributed by atoms with Crippen LogP contribution < -0.4 is 5.32 Å². The van der Waals surface area contributed by atoms with E-state index >= 15 is 0 Å². The van der Waals surface area contributed by atoms with Gasteiger partial charge in [0.25, 0.3) is 5.91 Å². The minimum absolute atomic E-state index is 0.251. The van der Waals surface area contributed by atoms with Crippen molar-refractivity contribution in [3.05, 3.63) is 17.5 Å². The van der Waals surface area contributed by atoms with E-state index in [4.69, 9.17) is 4.52 Å². The quantitative estimate of drug-likeness (QED) is 0.877. The van der Waals surface area contributed by atoms with Crippen LogP contribution >= 0.6 is 0 Å². The van der Waals surface area contributed by atoms with Crippen LogP contribution in [0.2, 0.25) is 0 Å². The first-order valence-corrected chi connectivity index (χ1v) is 7.15. The van der Waals surface area contributed by atoms with E-state index in [1.807, 2.05) is 0 Å². The molecule has 1 heterocycles. The molecule has 2 aliphatic rings. The number of amides is 1. The van der Waals surface area contributed by atoms with Gasteiger partial charge in [-0.25, -0.2) is 0 Å². The summed E-state index contributed by atoms with van der Waals surface area (Å²) in [4.78, 5) is 23.3. The lowest BCUT2D eigenvalue weighted by molar-refractivity contribution is -0.143. The molecule has 6 nitrogen and oxygen atoms in total.